The summed E-state index contributed by atoms with van der Waals surface area (Å²) in [5, 5.41) is 19.3. The first kappa shape index (κ1) is 13.2. The Labute approximate surface area is 106 Å². The van der Waals surface area contributed by atoms with E-state index in [1.807, 2.05) is 0 Å². The van der Waals surface area contributed by atoms with Crippen LogP contribution in [0.15, 0.2) is 0 Å². The average Bonchev–Trinajstić information content (AvgIpc) is 2.85. The van der Waals surface area contributed by atoms with Crippen molar-refractivity contribution >= 4 is 49.7 Å². The van der Waals surface area contributed by atoms with Crippen LogP contribution in [0.4, 0.5) is 0 Å². The van der Waals surface area contributed by atoms with E-state index in [2.05, 4.69) is 0 Å². The van der Waals surface area contributed by atoms with Crippen molar-refractivity contribution in [3.63, 3.8) is 0 Å². The van der Waals surface area contributed by atoms with Crippen molar-refractivity contribution in [2.24, 2.45) is 11.8 Å². The first-order chi connectivity index (χ1) is 5.61. The fraction of sp³-hybridized carbons (Fsp3) is 0.750. The Morgan fingerprint density at radius 1 is 0.846 bits per heavy atom. The van der Waals surface area contributed by atoms with Gasteiger partial charge in [0.15, 0.2) is 0 Å². The Morgan fingerprint density at radius 2 is 1.08 bits per heavy atom. The smallest absolute Gasteiger partial charge is 0.550 e. The average molecular weight is 210 g/mol. The molecule has 68 valence electrons. The molecule has 4 nitrogen and oxygen atoms in total. The second-order valence-electron chi connectivity index (χ2n) is 3.19. The van der Waals surface area contributed by atoms with Crippen molar-refractivity contribution in [3.8, 4) is 0 Å². The molecular formula is C8H10CaO4. The number of carboxylic acid groups (broad SMARTS) is 2. The fourth-order valence-electron chi connectivity index (χ4n) is 0.638. The molecule has 0 aliphatic heterocycles. The number of carboxylic acids is 2. The van der Waals surface area contributed by atoms with Gasteiger partial charge in [-0.15, -0.1) is 0 Å². The van der Waals surface area contributed by atoms with Gasteiger partial charge in [-0.2, -0.15) is 0 Å². The molecular weight excluding hydrogens is 200 g/mol. The van der Waals surface area contributed by atoms with Crippen LogP contribution in [-0.2, 0) is 9.59 Å². The second-order valence-corrected chi connectivity index (χ2v) is 3.19. The van der Waals surface area contributed by atoms with Crippen LogP contribution >= 0.6 is 0 Å². The van der Waals surface area contributed by atoms with Gasteiger partial charge >= 0.3 is 37.7 Å². The quantitative estimate of drug-likeness (QED) is 0.489. The molecule has 0 spiro atoms. The molecule has 0 radical (unpaired) electrons. The minimum atomic E-state index is -0.880. The van der Waals surface area contributed by atoms with Crippen LogP contribution < -0.4 is 10.2 Å². The summed E-state index contributed by atoms with van der Waals surface area (Å²) in [5.41, 5.74) is 0. The van der Waals surface area contributed by atoms with Gasteiger partial charge in [-0.25, -0.2) is 0 Å². The second kappa shape index (κ2) is 5.83. The Hall–Kier alpha value is 0.200. The Bertz CT molecular complexity index is 174. The first-order valence-corrected chi connectivity index (χ1v) is 4.03. The van der Waals surface area contributed by atoms with Gasteiger partial charge < -0.3 is 19.8 Å². The van der Waals surface area contributed by atoms with Crippen LogP contribution in [0.25, 0.3) is 0 Å². The fourth-order valence-corrected chi connectivity index (χ4v) is 0.638. The van der Waals surface area contributed by atoms with Gasteiger partial charge in [0.2, 0.25) is 0 Å². The molecule has 2 rings (SSSR count). The van der Waals surface area contributed by atoms with E-state index in [9.17, 15) is 19.8 Å². The molecule has 0 heterocycles. The van der Waals surface area contributed by atoms with Gasteiger partial charge in [0.05, 0.1) is 0 Å². The normalized spacial score (nSPS) is 19.1. The molecule has 0 atom stereocenters. The molecule has 0 bridgehead atoms. The van der Waals surface area contributed by atoms with E-state index in [1.54, 1.807) is 0 Å². The predicted octanol–water partition coefficient (Wildman–Crippen LogP) is -2.09. The Morgan fingerprint density at radius 3 is 1.08 bits per heavy atom. The van der Waals surface area contributed by atoms with Crippen molar-refractivity contribution in [3.05, 3.63) is 0 Å². The molecule has 0 aromatic carbocycles. The number of hydrogen-bond donors (Lipinski definition) is 0. The molecule has 5 heteroatoms. The third-order valence-corrected chi connectivity index (χ3v) is 1.82. The van der Waals surface area contributed by atoms with Gasteiger partial charge in [0.25, 0.3) is 0 Å². The van der Waals surface area contributed by atoms with Crippen LogP contribution in [-0.4, -0.2) is 49.7 Å². The molecule has 2 saturated carbocycles. The van der Waals surface area contributed by atoms with Gasteiger partial charge in [0, 0.05) is 11.9 Å². The van der Waals surface area contributed by atoms with Crippen LogP contribution in [0, 0.1) is 11.8 Å². The van der Waals surface area contributed by atoms with Crippen molar-refractivity contribution in [2.45, 2.75) is 25.7 Å². The molecule has 0 saturated heterocycles. The molecule has 2 fully saturated rings. The SMILES string of the molecule is O=C([O-])C1CC1.O=C([O-])C1CC1.[Ca+2]. The number of rotatable bonds is 2. The third-order valence-electron chi connectivity index (χ3n) is 1.82. The maximum absolute atomic E-state index is 9.65. The molecule has 2 aliphatic rings. The van der Waals surface area contributed by atoms with E-state index in [1.165, 1.54) is 0 Å². The van der Waals surface area contributed by atoms with Crippen LogP contribution in [0.2, 0.25) is 0 Å². The van der Waals surface area contributed by atoms with Crippen molar-refractivity contribution in [2.75, 3.05) is 0 Å². The van der Waals surface area contributed by atoms with E-state index in [-0.39, 0.29) is 49.6 Å². The summed E-state index contributed by atoms with van der Waals surface area (Å²) in [6.45, 7) is 0. The molecule has 0 N–H and O–H groups in total. The number of hydrogen-bond acceptors (Lipinski definition) is 4. The summed E-state index contributed by atoms with van der Waals surface area (Å²) in [6, 6.07) is 0. The minimum Gasteiger partial charge on any atom is -0.550 e. The van der Waals surface area contributed by atoms with Crippen LogP contribution in [0.1, 0.15) is 25.7 Å². The molecule has 0 amide bonds. The summed E-state index contributed by atoms with van der Waals surface area (Å²) in [7, 11) is 0. The zero-order chi connectivity index (χ0) is 9.14. The van der Waals surface area contributed by atoms with Gasteiger partial charge in [0.1, 0.15) is 0 Å². The Kier molecular flexibility index (Phi) is 5.92. The summed E-state index contributed by atoms with van der Waals surface area (Å²) < 4.78 is 0. The van der Waals surface area contributed by atoms with Crippen molar-refractivity contribution in [1.82, 2.24) is 0 Å². The summed E-state index contributed by atoms with van der Waals surface area (Å²) in [6.07, 6.45) is 3.34. The maximum atomic E-state index is 9.65. The summed E-state index contributed by atoms with van der Waals surface area (Å²) in [5.74, 6) is -1.94. The van der Waals surface area contributed by atoms with E-state index in [0.29, 0.717) is 0 Å². The van der Waals surface area contributed by atoms with Gasteiger partial charge in [-0.1, -0.05) is 0 Å². The summed E-state index contributed by atoms with van der Waals surface area (Å²) >= 11 is 0. The molecule has 0 unspecified atom stereocenters. The van der Waals surface area contributed by atoms with E-state index < -0.39 is 11.9 Å². The van der Waals surface area contributed by atoms with Gasteiger partial charge in [-0.05, 0) is 37.5 Å². The van der Waals surface area contributed by atoms with Gasteiger partial charge in [-0.3, -0.25) is 0 Å². The number of carbonyl (C=O) groups is 2. The van der Waals surface area contributed by atoms with Crippen LogP contribution in [0.3, 0.4) is 0 Å². The molecule has 0 aromatic rings. The number of carbonyl (C=O) groups excluding carboxylic acids is 2. The van der Waals surface area contributed by atoms with E-state index in [0.717, 1.165) is 25.7 Å². The zero-order valence-corrected chi connectivity index (χ0v) is 9.53. The number of aliphatic carboxylic acids is 2. The van der Waals surface area contributed by atoms with E-state index in [4.69, 9.17) is 0 Å². The van der Waals surface area contributed by atoms with Crippen LogP contribution in [0.5, 0.6) is 0 Å². The van der Waals surface area contributed by atoms with Crippen molar-refractivity contribution in [1.29, 1.82) is 0 Å². The maximum Gasteiger partial charge on any atom is 2.00 e. The largest absolute Gasteiger partial charge is 2.00 e. The summed E-state index contributed by atoms with van der Waals surface area (Å²) in [4.78, 5) is 19.3. The third kappa shape index (κ3) is 6.29. The molecule has 0 aromatic heterocycles. The Balaban J connectivity index is 0.000000206. The van der Waals surface area contributed by atoms with E-state index >= 15 is 0 Å². The molecule has 13 heavy (non-hydrogen) atoms. The zero-order valence-electron chi connectivity index (χ0n) is 7.32. The topological polar surface area (TPSA) is 80.3 Å². The molecule has 2 aliphatic carbocycles. The monoisotopic (exact) mass is 210 g/mol. The predicted molar refractivity (Wildman–Crippen MR) is 41.2 cm³/mol. The first-order valence-electron chi connectivity index (χ1n) is 4.03. The minimum absolute atomic E-state index is 0. The standard InChI is InChI=1S/2C4H6O2.Ca/c2*5-4(6)3-1-2-3;/h2*3H,1-2H2,(H,5,6);/q;;+2/p-2. The van der Waals surface area contributed by atoms with Crippen molar-refractivity contribution < 1.29 is 19.8 Å².